The van der Waals surface area contributed by atoms with Crippen LogP contribution in [-0.4, -0.2) is 47.4 Å². The predicted molar refractivity (Wildman–Crippen MR) is 123 cm³/mol. The maximum Gasteiger partial charge on any atom is 0.184 e. The van der Waals surface area contributed by atoms with E-state index in [1.54, 1.807) is 0 Å². The Labute approximate surface area is 181 Å². The first-order valence-electron chi connectivity index (χ1n) is 9.83. The lowest BCUT2D eigenvalue weighted by Crippen LogP contribution is -2.46. The maximum absolute atomic E-state index is 5.77. The minimum atomic E-state index is 0.110. The molecule has 0 aliphatic carbocycles. The summed E-state index contributed by atoms with van der Waals surface area (Å²) in [6, 6.07) is 18.4. The van der Waals surface area contributed by atoms with Crippen molar-refractivity contribution in [3.63, 3.8) is 0 Å². The molecule has 8 heteroatoms. The minimum Gasteiger partial charge on any atom is -0.455 e. The van der Waals surface area contributed by atoms with Crippen LogP contribution in [0.5, 0.6) is 0 Å². The van der Waals surface area contributed by atoms with Gasteiger partial charge in [-0.15, -0.1) is 0 Å². The first kappa shape index (κ1) is 20.1. The molecule has 3 heterocycles. The van der Waals surface area contributed by atoms with Gasteiger partial charge in [0.15, 0.2) is 5.11 Å². The number of hydrogen-bond donors (Lipinski definition) is 2. The molecule has 0 bridgehead atoms. The summed E-state index contributed by atoms with van der Waals surface area (Å²) in [5.74, 6) is 2.33. The highest BCUT2D eigenvalue weighted by Crippen LogP contribution is 2.23. The largest absolute Gasteiger partial charge is 0.455 e. The normalized spacial score (nSPS) is 14.9. The summed E-state index contributed by atoms with van der Waals surface area (Å²) in [4.78, 5) is 9.46. The van der Waals surface area contributed by atoms with E-state index in [0.717, 1.165) is 49.9 Å². The van der Waals surface area contributed by atoms with Gasteiger partial charge in [0.1, 0.15) is 17.3 Å². The van der Waals surface area contributed by atoms with Crippen LogP contribution in [0, 0.1) is 0 Å². The number of hydrogen-bond acceptors (Lipinski definition) is 6. The molecule has 0 unspecified atom stereocenters. The van der Waals surface area contributed by atoms with E-state index in [0.29, 0.717) is 5.76 Å². The van der Waals surface area contributed by atoms with E-state index >= 15 is 0 Å². The summed E-state index contributed by atoms with van der Waals surface area (Å²) in [7, 11) is 0. The summed E-state index contributed by atoms with van der Waals surface area (Å²) in [6.45, 7) is 4.99. The zero-order valence-electron chi connectivity index (χ0n) is 16.6. The van der Waals surface area contributed by atoms with Crippen LogP contribution >= 0.6 is 12.2 Å². The molecule has 0 atom stereocenters. The number of aromatic nitrogens is 1. The van der Waals surface area contributed by atoms with Crippen LogP contribution in [0.4, 0.5) is 5.82 Å². The van der Waals surface area contributed by atoms with Crippen molar-refractivity contribution in [3.05, 3.63) is 72.1 Å². The number of furan rings is 1. The maximum atomic E-state index is 5.77. The molecule has 3 aromatic rings. The van der Waals surface area contributed by atoms with E-state index in [2.05, 4.69) is 55.6 Å². The Balaban J connectivity index is 1.32. The van der Waals surface area contributed by atoms with Crippen molar-refractivity contribution in [1.82, 2.24) is 15.3 Å². The van der Waals surface area contributed by atoms with Crippen molar-refractivity contribution in [2.45, 2.75) is 6.54 Å². The number of hydrazone groups is 1. The highest BCUT2D eigenvalue weighted by molar-refractivity contribution is 7.80. The van der Waals surface area contributed by atoms with Crippen LogP contribution in [0.3, 0.4) is 0 Å². The molecule has 0 saturated carbocycles. The lowest BCUT2D eigenvalue weighted by molar-refractivity contribution is 0.249. The molecule has 1 aromatic carbocycles. The molecule has 3 N–H and O–H groups in total. The van der Waals surface area contributed by atoms with E-state index in [9.17, 15) is 0 Å². The minimum absolute atomic E-state index is 0.110. The zero-order chi connectivity index (χ0) is 20.8. The molecule has 0 radical (unpaired) electrons. The van der Waals surface area contributed by atoms with Crippen LogP contribution in [0.1, 0.15) is 11.3 Å². The lowest BCUT2D eigenvalue weighted by Gasteiger charge is -2.35. The van der Waals surface area contributed by atoms with Crippen molar-refractivity contribution in [1.29, 1.82) is 0 Å². The number of rotatable bonds is 6. The fraction of sp³-hybridized carbons (Fsp3) is 0.227. The average Bonchev–Trinajstić information content (AvgIpc) is 3.24. The number of nitrogens with two attached hydrogens (primary N) is 1. The van der Waals surface area contributed by atoms with Crippen LogP contribution in [0.25, 0.3) is 11.3 Å². The number of pyridine rings is 1. The van der Waals surface area contributed by atoms with E-state index in [1.807, 2.05) is 30.5 Å². The molecule has 1 saturated heterocycles. The smallest absolute Gasteiger partial charge is 0.184 e. The molecular formula is C22H24N6OS. The van der Waals surface area contributed by atoms with E-state index in [1.165, 1.54) is 11.8 Å². The molecular weight excluding hydrogens is 396 g/mol. The molecule has 0 spiro atoms. The molecule has 0 amide bonds. The predicted octanol–water partition coefficient (Wildman–Crippen LogP) is 2.83. The fourth-order valence-electron chi connectivity index (χ4n) is 3.43. The number of thiocarbonyl (C=S) groups is 1. The van der Waals surface area contributed by atoms with Gasteiger partial charge in [0.25, 0.3) is 0 Å². The van der Waals surface area contributed by atoms with Gasteiger partial charge in [0.2, 0.25) is 0 Å². The molecule has 30 heavy (non-hydrogen) atoms. The SMILES string of the molecule is NC(=S)N/N=C/c1ccc(-c2ccc(N3CCN(Cc4ccccc4)CC3)nc2)o1. The molecule has 154 valence electrons. The second-order valence-corrected chi connectivity index (χ2v) is 7.53. The summed E-state index contributed by atoms with van der Waals surface area (Å²) >= 11 is 4.70. The van der Waals surface area contributed by atoms with Gasteiger partial charge < -0.3 is 15.1 Å². The number of piperazine rings is 1. The Hall–Kier alpha value is -3.23. The van der Waals surface area contributed by atoms with Crippen molar-refractivity contribution >= 4 is 29.4 Å². The van der Waals surface area contributed by atoms with Gasteiger partial charge in [-0.3, -0.25) is 10.3 Å². The third-order valence-electron chi connectivity index (χ3n) is 4.97. The van der Waals surface area contributed by atoms with Crippen molar-refractivity contribution in [3.8, 4) is 11.3 Å². The fourth-order valence-corrected chi connectivity index (χ4v) is 3.49. The monoisotopic (exact) mass is 420 g/mol. The average molecular weight is 421 g/mol. The number of benzene rings is 1. The summed E-state index contributed by atoms with van der Waals surface area (Å²) in [6.07, 6.45) is 3.37. The van der Waals surface area contributed by atoms with Gasteiger partial charge in [-0.1, -0.05) is 30.3 Å². The first-order chi connectivity index (χ1) is 14.7. The molecule has 4 rings (SSSR count). The van der Waals surface area contributed by atoms with E-state index in [4.69, 9.17) is 22.4 Å². The number of anilines is 1. The third kappa shape index (κ3) is 5.22. The van der Waals surface area contributed by atoms with E-state index < -0.39 is 0 Å². The standard InChI is InChI=1S/C22H24N6OS/c23-22(30)26-25-15-19-7-8-20(29-19)18-6-9-21(24-14-18)28-12-10-27(11-13-28)16-17-4-2-1-3-5-17/h1-9,14-15H,10-13,16H2,(H3,23,26,30)/b25-15+. The van der Waals surface area contributed by atoms with E-state index in [-0.39, 0.29) is 5.11 Å². The van der Waals surface area contributed by atoms with Crippen LogP contribution in [0.15, 0.2) is 70.3 Å². The quantitative estimate of drug-likeness (QED) is 0.360. The Morgan fingerprint density at radius 1 is 1.10 bits per heavy atom. The number of nitrogens with zero attached hydrogens (tertiary/aromatic N) is 4. The van der Waals surface area contributed by atoms with Crippen molar-refractivity contribution in [2.75, 3.05) is 31.1 Å². The summed E-state index contributed by atoms with van der Waals surface area (Å²) in [5.41, 5.74) is 10.1. The van der Waals surface area contributed by atoms with Crippen LogP contribution < -0.4 is 16.1 Å². The first-order valence-corrected chi connectivity index (χ1v) is 10.2. The number of nitrogens with one attached hydrogen (secondary N) is 1. The highest BCUT2D eigenvalue weighted by atomic mass is 32.1. The lowest BCUT2D eigenvalue weighted by atomic mass is 10.2. The second kappa shape index (κ2) is 9.51. The van der Waals surface area contributed by atoms with Gasteiger partial charge in [0.05, 0.1) is 6.21 Å². The topological polar surface area (TPSA) is 82.9 Å². The Bertz CT molecular complexity index is 994. The molecule has 2 aromatic heterocycles. The highest BCUT2D eigenvalue weighted by Gasteiger charge is 2.18. The molecule has 1 aliphatic heterocycles. The molecule has 1 fully saturated rings. The molecule has 1 aliphatic rings. The molecule has 7 nitrogen and oxygen atoms in total. The van der Waals surface area contributed by atoms with Gasteiger partial charge in [-0.05, 0) is 42.0 Å². The van der Waals surface area contributed by atoms with Gasteiger partial charge >= 0.3 is 0 Å². The zero-order valence-corrected chi connectivity index (χ0v) is 17.4. The van der Waals surface area contributed by atoms with Gasteiger partial charge in [0, 0.05) is 44.5 Å². The van der Waals surface area contributed by atoms with Crippen LogP contribution in [-0.2, 0) is 6.54 Å². The second-order valence-electron chi connectivity index (χ2n) is 7.09. The third-order valence-corrected chi connectivity index (χ3v) is 5.06. The Morgan fingerprint density at radius 2 is 1.90 bits per heavy atom. The Kier molecular flexibility index (Phi) is 6.36. The summed E-state index contributed by atoms with van der Waals surface area (Å²) < 4.78 is 5.77. The van der Waals surface area contributed by atoms with Gasteiger partial charge in [-0.25, -0.2) is 4.98 Å². The van der Waals surface area contributed by atoms with Crippen LogP contribution in [0.2, 0.25) is 0 Å². The van der Waals surface area contributed by atoms with Crippen molar-refractivity contribution < 1.29 is 4.42 Å². The Morgan fingerprint density at radius 3 is 2.60 bits per heavy atom. The van der Waals surface area contributed by atoms with Gasteiger partial charge in [-0.2, -0.15) is 5.10 Å². The summed E-state index contributed by atoms with van der Waals surface area (Å²) in [5, 5.41) is 4.00. The van der Waals surface area contributed by atoms with Crippen molar-refractivity contribution in [2.24, 2.45) is 10.8 Å².